The van der Waals surface area contributed by atoms with Crippen molar-refractivity contribution in [3.05, 3.63) is 28.8 Å². The molecule has 0 bridgehead atoms. The van der Waals surface area contributed by atoms with Gasteiger partial charge in [-0.1, -0.05) is 17.7 Å². The maximum absolute atomic E-state index is 9.16. The molecule has 0 aromatic heterocycles. The molecule has 4 nitrogen and oxygen atoms in total. The Bertz CT molecular complexity index is 377. The summed E-state index contributed by atoms with van der Waals surface area (Å²) in [5.74, 6) is 0. The second kappa shape index (κ2) is 10.00. The zero-order valence-electron chi connectivity index (χ0n) is 12.3. The highest BCUT2D eigenvalue weighted by atomic mass is 35.5. The normalized spacial score (nSPS) is 10.8. The summed E-state index contributed by atoms with van der Waals surface area (Å²) in [5.41, 5.74) is 1.76. The molecule has 0 aliphatic heterocycles. The minimum atomic E-state index is -0.0446. The predicted octanol–water partition coefficient (Wildman–Crippen LogP) is 2.71. The lowest BCUT2D eigenvalue weighted by molar-refractivity contribution is 0.141. The Kier molecular flexibility index (Phi) is 8.62. The first kappa shape index (κ1) is 17.2. The van der Waals surface area contributed by atoms with Crippen LogP contribution in [-0.2, 0) is 16.1 Å². The van der Waals surface area contributed by atoms with Gasteiger partial charge in [-0.15, -0.1) is 0 Å². The van der Waals surface area contributed by atoms with E-state index >= 15 is 0 Å². The Morgan fingerprint density at radius 2 is 1.70 bits per heavy atom. The average Bonchev–Trinajstić information content (AvgIpc) is 2.46. The third kappa shape index (κ3) is 5.67. The van der Waals surface area contributed by atoms with Gasteiger partial charge in [-0.05, 0) is 31.5 Å². The van der Waals surface area contributed by atoms with Crippen LogP contribution in [0.5, 0.6) is 0 Å². The van der Waals surface area contributed by atoms with Crippen molar-refractivity contribution in [2.75, 3.05) is 44.4 Å². The summed E-state index contributed by atoms with van der Waals surface area (Å²) < 4.78 is 10.8. The summed E-state index contributed by atoms with van der Waals surface area (Å²) in [6, 6.07) is 5.70. The molecule has 0 atom stereocenters. The third-order valence-corrected chi connectivity index (χ3v) is 3.34. The zero-order valence-corrected chi connectivity index (χ0v) is 13.0. The van der Waals surface area contributed by atoms with Crippen LogP contribution in [0.3, 0.4) is 0 Å². The molecule has 0 spiro atoms. The molecule has 0 saturated heterocycles. The Balaban J connectivity index is 2.71. The van der Waals surface area contributed by atoms with E-state index in [0.29, 0.717) is 31.5 Å². The average molecular weight is 302 g/mol. The first-order chi connectivity index (χ1) is 9.72. The van der Waals surface area contributed by atoms with Crippen molar-refractivity contribution in [1.29, 1.82) is 0 Å². The SMILES string of the molecule is CCOCCN(CCOCC)c1ccc(CO)c(Cl)c1. The molecule has 0 radical (unpaired) electrons. The molecule has 114 valence electrons. The van der Waals surface area contributed by atoms with Gasteiger partial charge in [0.05, 0.1) is 19.8 Å². The van der Waals surface area contributed by atoms with E-state index in [1.54, 1.807) is 0 Å². The van der Waals surface area contributed by atoms with Crippen LogP contribution in [0, 0.1) is 0 Å². The van der Waals surface area contributed by atoms with Crippen molar-refractivity contribution in [3.8, 4) is 0 Å². The highest BCUT2D eigenvalue weighted by molar-refractivity contribution is 6.31. The maximum Gasteiger partial charge on any atom is 0.0696 e. The van der Waals surface area contributed by atoms with E-state index in [1.165, 1.54) is 0 Å². The number of hydrogen-bond acceptors (Lipinski definition) is 4. The minimum Gasteiger partial charge on any atom is -0.392 e. The van der Waals surface area contributed by atoms with Crippen LogP contribution in [-0.4, -0.2) is 44.6 Å². The van der Waals surface area contributed by atoms with Crippen LogP contribution in [0.1, 0.15) is 19.4 Å². The van der Waals surface area contributed by atoms with Crippen LogP contribution >= 0.6 is 11.6 Å². The van der Waals surface area contributed by atoms with Crippen LogP contribution in [0.25, 0.3) is 0 Å². The second-order valence-electron chi connectivity index (χ2n) is 4.31. The van der Waals surface area contributed by atoms with E-state index in [4.69, 9.17) is 26.2 Å². The molecule has 5 heteroatoms. The fourth-order valence-corrected chi connectivity index (χ4v) is 2.10. The van der Waals surface area contributed by atoms with E-state index in [9.17, 15) is 0 Å². The largest absolute Gasteiger partial charge is 0.392 e. The number of halogens is 1. The van der Waals surface area contributed by atoms with Crippen LogP contribution in [0.15, 0.2) is 18.2 Å². The van der Waals surface area contributed by atoms with Gasteiger partial charge < -0.3 is 19.5 Å². The summed E-state index contributed by atoms with van der Waals surface area (Å²) in [7, 11) is 0. The molecule has 20 heavy (non-hydrogen) atoms. The first-order valence-electron chi connectivity index (χ1n) is 7.02. The van der Waals surface area contributed by atoms with Crippen LogP contribution in [0.4, 0.5) is 5.69 Å². The van der Waals surface area contributed by atoms with Crippen molar-refractivity contribution in [1.82, 2.24) is 0 Å². The number of benzene rings is 1. The molecule has 1 rings (SSSR count). The molecule has 0 unspecified atom stereocenters. The Hall–Kier alpha value is -0.810. The molecule has 0 saturated carbocycles. The number of ether oxygens (including phenoxy) is 2. The highest BCUT2D eigenvalue weighted by Gasteiger charge is 2.09. The van der Waals surface area contributed by atoms with Gasteiger partial charge in [0.2, 0.25) is 0 Å². The number of aliphatic hydroxyl groups excluding tert-OH is 1. The Morgan fingerprint density at radius 1 is 1.10 bits per heavy atom. The summed E-state index contributed by atoms with van der Waals surface area (Å²) in [4.78, 5) is 2.18. The van der Waals surface area contributed by atoms with Gasteiger partial charge >= 0.3 is 0 Å². The van der Waals surface area contributed by atoms with Gasteiger partial charge in [0, 0.05) is 37.0 Å². The monoisotopic (exact) mass is 301 g/mol. The molecular formula is C15H24ClNO3. The zero-order chi connectivity index (χ0) is 14.8. The summed E-state index contributed by atoms with van der Waals surface area (Å²) in [6.45, 7) is 8.26. The predicted molar refractivity (Wildman–Crippen MR) is 82.6 cm³/mol. The van der Waals surface area contributed by atoms with Crippen molar-refractivity contribution in [3.63, 3.8) is 0 Å². The molecule has 1 aromatic carbocycles. The number of nitrogens with zero attached hydrogens (tertiary/aromatic N) is 1. The Labute approximate surface area is 126 Å². The molecule has 0 heterocycles. The number of anilines is 1. The standard InChI is InChI=1S/C15H24ClNO3/c1-3-19-9-7-17(8-10-20-4-2)14-6-5-13(12-18)15(16)11-14/h5-6,11,18H,3-4,7-10,12H2,1-2H3. The molecule has 1 N–H and O–H groups in total. The van der Waals surface area contributed by atoms with Gasteiger partial charge in [-0.25, -0.2) is 0 Å². The molecular weight excluding hydrogens is 278 g/mol. The summed E-state index contributed by atoms with van der Waals surface area (Å²) in [6.07, 6.45) is 0. The van der Waals surface area contributed by atoms with Crippen LogP contribution in [0.2, 0.25) is 5.02 Å². The molecule has 0 aliphatic carbocycles. The second-order valence-corrected chi connectivity index (χ2v) is 4.72. The first-order valence-corrected chi connectivity index (χ1v) is 7.40. The molecule has 0 aliphatic rings. The van der Waals surface area contributed by atoms with Crippen molar-refractivity contribution in [2.24, 2.45) is 0 Å². The van der Waals surface area contributed by atoms with E-state index in [2.05, 4.69) is 4.90 Å². The van der Waals surface area contributed by atoms with Gasteiger partial charge in [-0.3, -0.25) is 0 Å². The number of rotatable bonds is 10. The van der Waals surface area contributed by atoms with Crippen molar-refractivity contribution < 1.29 is 14.6 Å². The fraction of sp³-hybridized carbons (Fsp3) is 0.600. The van der Waals surface area contributed by atoms with Gasteiger partial charge in [0.1, 0.15) is 0 Å². The maximum atomic E-state index is 9.16. The molecule has 1 aromatic rings. The van der Waals surface area contributed by atoms with Crippen molar-refractivity contribution >= 4 is 17.3 Å². The van der Waals surface area contributed by atoms with E-state index < -0.39 is 0 Å². The molecule has 0 amide bonds. The number of aliphatic hydroxyl groups is 1. The lowest BCUT2D eigenvalue weighted by Gasteiger charge is -2.25. The minimum absolute atomic E-state index is 0.0446. The van der Waals surface area contributed by atoms with Gasteiger partial charge in [-0.2, -0.15) is 0 Å². The van der Waals surface area contributed by atoms with Gasteiger partial charge in [0.15, 0.2) is 0 Å². The third-order valence-electron chi connectivity index (χ3n) is 2.99. The Morgan fingerprint density at radius 3 is 2.15 bits per heavy atom. The lowest BCUT2D eigenvalue weighted by Crippen LogP contribution is -2.31. The van der Waals surface area contributed by atoms with E-state index in [-0.39, 0.29) is 6.61 Å². The van der Waals surface area contributed by atoms with E-state index in [1.807, 2.05) is 32.0 Å². The van der Waals surface area contributed by atoms with Gasteiger partial charge in [0.25, 0.3) is 0 Å². The molecule has 0 fully saturated rings. The van der Waals surface area contributed by atoms with Crippen LogP contribution < -0.4 is 4.90 Å². The number of hydrogen-bond donors (Lipinski definition) is 1. The summed E-state index contributed by atoms with van der Waals surface area (Å²) in [5, 5.41) is 9.74. The quantitative estimate of drug-likeness (QED) is 0.675. The lowest BCUT2D eigenvalue weighted by atomic mass is 10.2. The highest BCUT2D eigenvalue weighted by Crippen LogP contribution is 2.23. The smallest absolute Gasteiger partial charge is 0.0696 e. The fourth-order valence-electron chi connectivity index (χ4n) is 1.87. The summed E-state index contributed by atoms with van der Waals surface area (Å²) >= 11 is 6.15. The van der Waals surface area contributed by atoms with Crippen molar-refractivity contribution in [2.45, 2.75) is 20.5 Å². The van der Waals surface area contributed by atoms with E-state index in [0.717, 1.165) is 24.3 Å². The topological polar surface area (TPSA) is 41.9 Å².